The van der Waals surface area contributed by atoms with Gasteiger partial charge < -0.3 is 14.9 Å². The minimum Gasteiger partial charge on any atom is -0.507 e. The van der Waals surface area contributed by atoms with Gasteiger partial charge in [-0.05, 0) is 36.2 Å². The second kappa shape index (κ2) is 7.61. The Kier molecular flexibility index (Phi) is 5.08. The van der Waals surface area contributed by atoms with Crippen molar-refractivity contribution >= 4 is 11.8 Å². The zero-order chi connectivity index (χ0) is 18.5. The molecule has 5 heteroatoms. The molecule has 3 rings (SSSR count). The molecule has 0 atom stereocenters. The summed E-state index contributed by atoms with van der Waals surface area (Å²) < 4.78 is 5.25. The average Bonchev–Trinajstić information content (AvgIpc) is 2.63. The third-order valence-corrected chi connectivity index (χ3v) is 3.99. The first-order chi connectivity index (χ1) is 12.6. The Hall–Kier alpha value is -3.47. The molecule has 26 heavy (non-hydrogen) atoms. The number of hydrogen-bond donors (Lipinski definition) is 3. The Morgan fingerprint density at radius 1 is 0.885 bits per heavy atom. The number of carbonyl (C=O) groups excluding carboxylic acids is 1. The summed E-state index contributed by atoms with van der Waals surface area (Å²) in [5, 5.41) is 23.0. The molecule has 3 N–H and O–H groups in total. The lowest BCUT2D eigenvalue weighted by Crippen LogP contribution is -2.14. The van der Waals surface area contributed by atoms with Gasteiger partial charge >= 0.3 is 6.09 Å². The van der Waals surface area contributed by atoms with Crippen LogP contribution >= 0.6 is 0 Å². The number of benzene rings is 3. The molecule has 3 aromatic carbocycles. The molecule has 0 aliphatic heterocycles. The maximum absolute atomic E-state index is 12.2. The number of nitrogens with one attached hydrogen (secondary N) is 1. The van der Waals surface area contributed by atoms with Gasteiger partial charge in [0.15, 0.2) is 0 Å². The Balaban J connectivity index is 1.85. The number of anilines is 1. The third-order valence-electron chi connectivity index (χ3n) is 3.99. The Morgan fingerprint density at radius 2 is 1.54 bits per heavy atom. The van der Waals surface area contributed by atoms with Gasteiger partial charge in [0, 0.05) is 5.56 Å². The summed E-state index contributed by atoms with van der Waals surface area (Å²) in [6.07, 6.45) is -0.615. The zero-order valence-corrected chi connectivity index (χ0v) is 14.3. The summed E-state index contributed by atoms with van der Waals surface area (Å²) in [4.78, 5) is 12.2. The summed E-state index contributed by atoms with van der Waals surface area (Å²) in [5.41, 5.74) is 2.93. The molecule has 0 spiro atoms. The molecule has 0 bridgehead atoms. The lowest BCUT2D eigenvalue weighted by Gasteiger charge is -2.16. The predicted molar refractivity (Wildman–Crippen MR) is 100 cm³/mol. The van der Waals surface area contributed by atoms with Crippen LogP contribution in [0.2, 0.25) is 0 Å². The molecular formula is C21H19NO4. The van der Waals surface area contributed by atoms with Gasteiger partial charge in [-0.3, -0.25) is 5.32 Å². The lowest BCUT2D eigenvalue weighted by molar-refractivity contribution is 0.155. The van der Waals surface area contributed by atoms with Crippen LogP contribution in [0.3, 0.4) is 0 Å². The van der Waals surface area contributed by atoms with E-state index in [0.717, 1.165) is 11.1 Å². The Bertz CT molecular complexity index is 902. The molecule has 0 aliphatic carbocycles. The van der Waals surface area contributed by atoms with E-state index in [1.807, 2.05) is 43.3 Å². The summed E-state index contributed by atoms with van der Waals surface area (Å²) in [5.74, 6) is -0.139. The van der Waals surface area contributed by atoms with E-state index < -0.39 is 6.09 Å². The van der Waals surface area contributed by atoms with Gasteiger partial charge in [0.1, 0.15) is 18.1 Å². The topological polar surface area (TPSA) is 78.8 Å². The number of phenolic OH excluding ortho intramolecular Hbond substituents is 2. The van der Waals surface area contributed by atoms with E-state index in [4.69, 9.17) is 4.74 Å². The SMILES string of the molecule is Cc1cccc(NC(=O)OCc2ccccc2)c1-c1c(O)cccc1O. The summed E-state index contributed by atoms with van der Waals surface area (Å²) in [6, 6.07) is 19.2. The van der Waals surface area contributed by atoms with E-state index in [-0.39, 0.29) is 23.7 Å². The molecule has 5 nitrogen and oxygen atoms in total. The quantitative estimate of drug-likeness (QED) is 0.631. The highest BCUT2D eigenvalue weighted by Gasteiger charge is 2.17. The van der Waals surface area contributed by atoms with Crippen molar-refractivity contribution in [3.05, 3.63) is 77.9 Å². The maximum Gasteiger partial charge on any atom is 0.411 e. The molecule has 0 aliphatic rings. The summed E-state index contributed by atoms with van der Waals surface area (Å²) in [7, 11) is 0. The second-order valence-electron chi connectivity index (χ2n) is 5.86. The molecule has 0 saturated carbocycles. The van der Waals surface area contributed by atoms with E-state index in [1.54, 1.807) is 18.2 Å². The van der Waals surface area contributed by atoms with Crippen molar-refractivity contribution in [3.8, 4) is 22.6 Å². The second-order valence-corrected chi connectivity index (χ2v) is 5.86. The van der Waals surface area contributed by atoms with Crippen molar-refractivity contribution < 1.29 is 19.7 Å². The molecule has 0 fully saturated rings. The number of aromatic hydroxyl groups is 2. The molecule has 0 heterocycles. The van der Waals surface area contributed by atoms with Crippen molar-refractivity contribution in [1.82, 2.24) is 0 Å². The number of hydrogen-bond acceptors (Lipinski definition) is 4. The fourth-order valence-corrected chi connectivity index (χ4v) is 2.76. The molecule has 0 saturated heterocycles. The van der Waals surface area contributed by atoms with E-state index in [2.05, 4.69) is 5.32 Å². The standard InChI is InChI=1S/C21H19NO4/c1-14-7-5-10-16(19(14)20-17(23)11-6-12-18(20)24)22-21(25)26-13-15-8-3-2-4-9-15/h2-12,23-24H,13H2,1H3,(H,22,25). The number of phenols is 2. The first-order valence-electron chi connectivity index (χ1n) is 8.15. The van der Waals surface area contributed by atoms with Crippen molar-refractivity contribution in [1.29, 1.82) is 0 Å². The molecule has 132 valence electrons. The van der Waals surface area contributed by atoms with Crippen molar-refractivity contribution in [2.45, 2.75) is 13.5 Å². The minimum absolute atomic E-state index is 0.0694. The van der Waals surface area contributed by atoms with E-state index >= 15 is 0 Å². The van der Waals surface area contributed by atoms with E-state index in [1.165, 1.54) is 12.1 Å². The third kappa shape index (κ3) is 3.78. The minimum atomic E-state index is -0.615. The number of aryl methyl sites for hydroxylation is 1. The number of rotatable bonds is 4. The van der Waals surface area contributed by atoms with Crippen molar-refractivity contribution in [2.24, 2.45) is 0 Å². The smallest absolute Gasteiger partial charge is 0.411 e. The van der Waals surface area contributed by atoms with Crippen molar-refractivity contribution in [3.63, 3.8) is 0 Å². The number of amides is 1. The number of ether oxygens (including phenoxy) is 1. The van der Waals surface area contributed by atoms with Crippen LogP contribution in [-0.4, -0.2) is 16.3 Å². The Labute approximate surface area is 151 Å². The number of carbonyl (C=O) groups is 1. The van der Waals surface area contributed by atoms with Gasteiger partial charge in [-0.15, -0.1) is 0 Å². The predicted octanol–water partition coefficient (Wildman–Crippen LogP) is 4.82. The van der Waals surface area contributed by atoms with Gasteiger partial charge in [-0.2, -0.15) is 0 Å². The van der Waals surface area contributed by atoms with Crippen LogP contribution in [0.15, 0.2) is 66.7 Å². The highest BCUT2D eigenvalue weighted by molar-refractivity contribution is 5.95. The Morgan fingerprint density at radius 3 is 2.23 bits per heavy atom. The van der Waals surface area contributed by atoms with Crippen LogP contribution in [-0.2, 0) is 11.3 Å². The maximum atomic E-state index is 12.2. The normalized spacial score (nSPS) is 10.3. The first-order valence-corrected chi connectivity index (χ1v) is 8.15. The molecule has 0 aromatic heterocycles. The molecule has 0 unspecified atom stereocenters. The summed E-state index contributed by atoms with van der Waals surface area (Å²) in [6.45, 7) is 1.98. The zero-order valence-electron chi connectivity index (χ0n) is 14.3. The fraction of sp³-hybridized carbons (Fsp3) is 0.0952. The molecule has 0 radical (unpaired) electrons. The largest absolute Gasteiger partial charge is 0.507 e. The van der Waals surface area contributed by atoms with Gasteiger partial charge in [-0.1, -0.05) is 48.5 Å². The fourth-order valence-electron chi connectivity index (χ4n) is 2.76. The molecular weight excluding hydrogens is 330 g/mol. The average molecular weight is 349 g/mol. The van der Waals surface area contributed by atoms with E-state index in [0.29, 0.717) is 11.3 Å². The monoisotopic (exact) mass is 349 g/mol. The molecule has 1 amide bonds. The van der Waals surface area contributed by atoms with Crippen molar-refractivity contribution in [2.75, 3.05) is 5.32 Å². The van der Waals surface area contributed by atoms with Crippen LogP contribution < -0.4 is 5.32 Å². The van der Waals surface area contributed by atoms with Gasteiger partial charge in [0.25, 0.3) is 0 Å². The van der Waals surface area contributed by atoms with Gasteiger partial charge in [0.2, 0.25) is 0 Å². The van der Waals surface area contributed by atoms with Crippen LogP contribution in [0.25, 0.3) is 11.1 Å². The van der Waals surface area contributed by atoms with Gasteiger partial charge in [-0.25, -0.2) is 4.79 Å². The highest BCUT2D eigenvalue weighted by atomic mass is 16.5. The van der Waals surface area contributed by atoms with Crippen LogP contribution in [0.1, 0.15) is 11.1 Å². The highest BCUT2D eigenvalue weighted by Crippen LogP contribution is 2.42. The van der Waals surface area contributed by atoms with Crippen LogP contribution in [0.5, 0.6) is 11.5 Å². The first kappa shape index (κ1) is 17.4. The molecule has 3 aromatic rings. The van der Waals surface area contributed by atoms with E-state index in [9.17, 15) is 15.0 Å². The van der Waals surface area contributed by atoms with Gasteiger partial charge in [0.05, 0.1) is 11.3 Å². The van der Waals surface area contributed by atoms with Crippen LogP contribution in [0.4, 0.5) is 10.5 Å². The summed E-state index contributed by atoms with van der Waals surface area (Å²) >= 11 is 0. The van der Waals surface area contributed by atoms with Crippen LogP contribution in [0, 0.1) is 6.92 Å². The lowest BCUT2D eigenvalue weighted by atomic mass is 9.97.